The summed E-state index contributed by atoms with van der Waals surface area (Å²) in [5.41, 5.74) is 0.544. The van der Waals surface area contributed by atoms with Crippen LogP contribution in [0.3, 0.4) is 0 Å². The molecule has 118 valence electrons. The van der Waals surface area contributed by atoms with Crippen molar-refractivity contribution in [1.82, 2.24) is 5.32 Å². The second-order valence-electron chi connectivity index (χ2n) is 5.99. The monoisotopic (exact) mass is 321 g/mol. The molecular formula is C15H19N3O3S. The molecule has 2 aliphatic rings. The lowest BCUT2D eigenvalue weighted by molar-refractivity contribution is -0.122. The summed E-state index contributed by atoms with van der Waals surface area (Å²) < 4.78 is 28.1. The van der Waals surface area contributed by atoms with Crippen LogP contribution in [0.1, 0.15) is 32.6 Å². The fraction of sp³-hybridized carbons (Fsp3) is 0.467. The maximum atomic E-state index is 12.1. The average molecular weight is 321 g/mol. The normalized spacial score (nSPS) is 20.3. The maximum absolute atomic E-state index is 12.1. The molecular weight excluding hydrogens is 302 g/mol. The van der Waals surface area contributed by atoms with Gasteiger partial charge in [-0.25, -0.2) is 0 Å². The van der Waals surface area contributed by atoms with Gasteiger partial charge in [0.2, 0.25) is 5.91 Å². The molecule has 0 unspecified atom stereocenters. The van der Waals surface area contributed by atoms with Crippen molar-refractivity contribution >= 4 is 27.5 Å². The number of amides is 1. The first-order valence-corrected chi connectivity index (χ1v) is 8.87. The van der Waals surface area contributed by atoms with E-state index in [2.05, 4.69) is 15.0 Å². The Morgan fingerprint density at radius 1 is 1.41 bits per heavy atom. The van der Waals surface area contributed by atoms with Gasteiger partial charge < -0.3 is 10.6 Å². The molecule has 1 saturated carbocycles. The van der Waals surface area contributed by atoms with E-state index in [4.69, 9.17) is 0 Å². The quantitative estimate of drug-likeness (QED) is 0.867. The van der Waals surface area contributed by atoms with E-state index in [9.17, 15) is 13.2 Å². The van der Waals surface area contributed by atoms with Crippen LogP contribution >= 0.6 is 0 Å². The van der Waals surface area contributed by atoms with Crippen molar-refractivity contribution in [3.8, 4) is 0 Å². The fourth-order valence-electron chi connectivity index (χ4n) is 2.49. The van der Waals surface area contributed by atoms with Crippen LogP contribution in [0.25, 0.3) is 0 Å². The number of fused-ring (bicyclic) bond motifs is 1. The molecule has 22 heavy (non-hydrogen) atoms. The third-order valence-electron chi connectivity index (χ3n) is 3.69. The number of nitrogens with zero attached hydrogens (tertiary/aromatic N) is 1. The summed E-state index contributed by atoms with van der Waals surface area (Å²) in [6.07, 6.45) is 2.91. The third-order valence-corrected chi connectivity index (χ3v) is 5.06. The summed E-state index contributed by atoms with van der Waals surface area (Å²) in [6, 6.07) is 7.04. The average Bonchev–Trinajstić information content (AvgIpc) is 3.21. The van der Waals surface area contributed by atoms with E-state index in [-0.39, 0.29) is 16.7 Å². The molecule has 0 spiro atoms. The Morgan fingerprint density at radius 3 is 2.86 bits per heavy atom. The van der Waals surface area contributed by atoms with E-state index in [0.29, 0.717) is 30.4 Å². The third kappa shape index (κ3) is 3.47. The first-order valence-electron chi connectivity index (χ1n) is 7.43. The SMILES string of the molecule is C[C@@H](CC(=O)NC1CC1)CC1=NS(=O)(=O)c2ccccc2N1. The molecule has 0 saturated heterocycles. The Labute approximate surface area is 130 Å². The number of amidine groups is 1. The second-order valence-corrected chi connectivity index (χ2v) is 7.56. The number of nitrogens with one attached hydrogen (secondary N) is 2. The number of sulfonamides is 1. The Hall–Kier alpha value is -1.89. The van der Waals surface area contributed by atoms with Crippen molar-refractivity contribution in [2.75, 3.05) is 5.32 Å². The number of carbonyl (C=O) groups excluding carboxylic acids is 1. The molecule has 7 heteroatoms. The van der Waals surface area contributed by atoms with Gasteiger partial charge in [-0.1, -0.05) is 19.1 Å². The molecule has 1 aromatic rings. The zero-order valence-corrected chi connectivity index (χ0v) is 13.2. The van der Waals surface area contributed by atoms with Gasteiger partial charge in [0.05, 0.1) is 5.69 Å². The zero-order valence-electron chi connectivity index (χ0n) is 12.4. The summed E-state index contributed by atoms with van der Waals surface area (Å²) in [6.45, 7) is 1.92. The Bertz CT molecular complexity index is 723. The predicted molar refractivity (Wildman–Crippen MR) is 84.2 cm³/mol. The minimum atomic E-state index is -3.65. The molecule has 3 rings (SSSR count). The van der Waals surface area contributed by atoms with E-state index in [1.807, 2.05) is 6.92 Å². The summed E-state index contributed by atoms with van der Waals surface area (Å²) in [7, 11) is -3.65. The van der Waals surface area contributed by atoms with Crippen LogP contribution < -0.4 is 10.6 Å². The van der Waals surface area contributed by atoms with Crippen LogP contribution in [0.15, 0.2) is 33.6 Å². The summed E-state index contributed by atoms with van der Waals surface area (Å²) in [5, 5.41) is 5.99. The van der Waals surface area contributed by atoms with Gasteiger partial charge in [-0.05, 0) is 30.9 Å². The van der Waals surface area contributed by atoms with Gasteiger partial charge in [-0.3, -0.25) is 4.79 Å². The van der Waals surface area contributed by atoms with Crippen LogP contribution in [0.5, 0.6) is 0 Å². The van der Waals surface area contributed by atoms with Gasteiger partial charge in [-0.15, -0.1) is 4.40 Å². The number of hydrogen-bond donors (Lipinski definition) is 2. The van der Waals surface area contributed by atoms with Crippen molar-refractivity contribution in [3.63, 3.8) is 0 Å². The largest absolute Gasteiger partial charge is 0.353 e. The minimum Gasteiger partial charge on any atom is -0.353 e. The van der Waals surface area contributed by atoms with Crippen LogP contribution in [0.4, 0.5) is 5.69 Å². The minimum absolute atomic E-state index is 0.0189. The van der Waals surface area contributed by atoms with Crippen LogP contribution in [0.2, 0.25) is 0 Å². The summed E-state index contributed by atoms with van der Waals surface area (Å²) in [5.74, 6) is 0.436. The second kappa shape index (κ2) is 5.72. The van der Waals surface area contributed by atoms with Gasteiger partial charge in [-0.2, -0.15) is 8.42 Å². The molecule has 2 N–H and O–H groups in total. The molecule has 1 aromatic carbocycles. The van der Waals surface area contributed by atoms with E-state index in [0.717, 1.165) is 12.8 Å². The molecule has 1 aliphatic carbocycles. The highest BCUT2D eigenvalue weighted by Gasteiger charge is 2.27. The van der Waals surface area contributed by atoms with Crippen molar-refractivity contribution in [1.29, 1.82) is 0 Å². The van der Waals surface area contributed by atoms with Crippen LogP contribution in [0, 0.1) is 5.92 Å². The smallest absolute Gasteiger partial charge is 0.286 e. The lowest BCUT2D eigenvalue weighted by atomic mass is 10.0. The Balaban J connectivity index is 1.65. The molecule has 1 aliphatic heterocycles. The highest BCUT2D eigenvalue weighted by Crippen LogP contribution is 2.28. The molecule has 0 bridgehead atoms. The van der Waals surface area contributed by atoms with Gasteiger partial charge in [0.1, 0.15) is 10.7 Å². The number of rotatable bonds is 5. The van der Waals surface area contributed by atoms with Gasteiger partial charge in [0.15, 0.2) is 0 Å². The topological polar surface area (TPSA) is 87.6 Å². The van der Waals surface area contributed by atoms with Gasteiger partial charge in [0.25, 0.3) is 10.0 Å². The highest BCUT2D eigenvalue weighted by molar-refractivity contribution is 7.90. The lowest BCUT2D eigenvalue weighted by Crippen LogP contribution is -2.29. The lowest BCUT2D eigenvalue weighted by Gasteiger charge is -2.20. The van der Waals surface area contributed by atoms with E-state index in [1.54, 1.807) is 18.2 Å². The first-order chi connectivity index (χ1) is 10.4. The number of hydrogen-bond acceptors (Lipinski definition) is 4. The molecule has 6 nitrogen and oxygen atoms in total. The fourth-order valence-corrected chi connectivity index (χ4v) is 3.64. The van der Waals surface area contributed by atoms with Crippen LogP contribution in [-0.4, -0.2) is 26.2 Å². The molecule has 0 aromatic heterocycles. The molecule has 1 atom stereocenters. The number of anilines is 1. The maximum Gasteiger partial charge on any atom is 0.286 e. The van der Waals surface area contributed by atoms with Gasteiger partial charge in [0, 0.05) is 18.9 Å². The molecule has 1 fully saturated rings. The number of carbonyl (C=O) groups is 1. The van der Waals surface area contributed by atoms with Crippen molar-refractivity contribution in [2.24, 2.45) is 10.3 Å². The molecule has 1 amide bonds. The van der Waals surface area contributed by atoms with E-state index >= 15 is 0 Å². The van der Waals surface area contributed by atoms with Crippen molar-refractivity contribution in [3.05, 3.63) is 24.3 Å². The van der Waals surface area contributed by atoms with E-state index in [1.165, 1.54) is 6.07 Å². The summed E-state index contributed by atoms with van der Waals surface area (Å²) in [4.78, 5) is 12.0. The van der Waals surface area contributed by atoms with Crippen LogP contribution in [-0.2, 0) is 14.8 Å². The number of para-hydroxylation sites is 1. The first kappa shape index (κ1) is 15.0. The zero-order chi connectivity index (χ0) is 15.7. The predicted octanol–water partition coefficient (Wildman–Crippen LogP) is 1.89. The van der Waals surface area contributed by atoms with Gasteiger partial charge >= 0.3 is 0 Å². The number of benzene rings is 1. The van der Waals surface area contributed by atoms with Crippen molar-refractivity contribution < 1.29 is 13.2 Å². The van der Waals surface area contributed by atoms with Crippen molar-refractivity contribution in [2.45, 2.75) is 43.5 Å². The van der Waals surface area contributed by atoms with E-state index < -0.39 is 10.0 Å². The highest BCUT2D eigenvalue weighted by atomic mass is 32.2. The standard InChI is InChI=1S/C15H19N3O3S/c1-10(9-15(19)16-11-6-7-11)8-14-17-12-4-2-3-5-13(12)22(20,21)18-14/h2-5,10-11H,6-9H2,1H3,(H,16,19)(H,17,18)/t10-/m1/s1. The Morgan fingerprint density at radius 2 is 2.14 bits per heavy atom. The molecule has 0 radical (unpaired) electrons. The molecule has 1 heterocycles. The Kier molecular flexibility index (Phi) is 3.90. The summed E-state index contributed by atoms with van der Waals surface area (Å²) >= 11 is 0.